The first-order chi connectivity index (χ1) is 13.1. The molecule has 27 heavy (non-hydrogen) atoms. The highest BCUT2D eigenvalue weighted by molar-refractivity contribution is 5.96. The van der Waals surface area contributed by atoms with Gasteiger partial charge in [0.2, 0.25) is 5.91 Å². The van der Waals surface area contributed by atoms with Gasteiger partial charge in [0.05, 0.1) is 6.54 Å². The highest BCUT2D eigenvalue weighted by Gasteiger charge is 2.17. The van der Waals surface area contributed by atoms with Crippen LogP contribution in [0, 0.1) is 0 Å². The summed E-state index contributed by atoms with van der Waals surface area (Å²) in [4.78, 5) is 28.3. The van der Waals surface area contributed by atoms with Crippen molar-refractivity contribution in [3.8, 4) is 0 Å². The Labute approximate surface area is 161 Å². The number of amides is 1. The summed E-state index contributed by atoms with van der Waals surface area (Å²) >= 11 is 0. The third-order valence-electron chi connectivity index (χ3n) is 4.87. The summed E-state index contributed by atoms with van der Waals surface area (Å²) in [5.74, 6) is 0.0135. The average Bonchev–Trinajstić information content (AvgIpc) is 2.88. The number of nitrogens with zero attached hydrogens (tertiary/aromatic N) is 2. The second kappa shape index (κ2) is 9.44. The molecule has 3 rings (SSSR count). The molecule has 0 atom stereocenters. The van der Waals surface area contributed by atoms with E-state index in [4.69, 9.17) is 0 Å². The number of ketones is 1. The molecule has 1 aliphatic rings. The van der Waals surface area contributed by atoms with Gasteiger partial charge in [-0.15, -0.1) is 0 Å². The van der Waals surface area contributed by atoms with Gasteiger partial charge in [0, 0.05) is 30.9 Å². The van der Waals surface area contributed by atoms with E-state index < -0.39 is 0 Å². The summed E-state index contributed by atoms with van der Waals surface area (Å²) in [6.07, 6.45) is 1.06. The first kappa shape index (κ1) is 19.3. The van der Waals surface area contributed by atoms with Gasteiger partial charge in [-0.2, -0.15) is 0 Å². The second-order valence-corrected chi connectivity index (χ2v) is 7.07. The van der Waals surface area contributed by atoms with Crippen LogP contribution in [0.4, 0.5) is 5.69 Å². The first-order valence-electron chi connectivity index (χ1n) is 9.49. The molecule has 0 radical (unpaired) electrons. The van der Waals surface area contributed by atoms with Crippen LogP contribution in [0.1, 0.15) is 29.3 Å². The molecule has 142 valence electrons. The third kappa shape index (κ3) is 6.01. The lowest BCUT2D eigenvalue weighted by atomic mass is 10.1. The minimum absolute atomic E-state index is 0.0120. The van der Waals surface area contributed by atoms with Gasteiger partial charge in [0.1, 0.15) is 0 Å². The Balaban J connectivity index is 1.46. The summed E-state index contributed by atoms with van der Waals surface area (Å²) in [6.45, 7) is 6.74. The molecule has 1 heterocycles. The van der Waals surface area contributed by atoms with E-state index in [9.17, 15) is 9.59 Å². The number of rotatable bonds is 6. The van der Waals surface area contributed by atoms with E-state index in [2.05, 4.69) is 39.4 Å². The van der Waals surface area contributed by atoms with Crippen LogP contribution in [-0.4, -0.2) is 54.2 Å². The fourth-order valence-electron chi connectivity index (χ4n) is 3.37. The first-order valence-corrected chi connectivity index (χ1v) is 9.49. The van der Waals surface area contributed by atoms with Gasteiger partial charge in [-0.25, -0.2) is 0 Å². The van der Waals surface area contributed by atoms with Gasteiger partial charge in [0.15, 0.2) is 5.78 Å². The molecule has 0 saturated carbocycles. The predicted molar refractivity (Wildman–Crippen MR) is 108 cm³/mol. The van der Waals surface area contributed by atoms with Crippen molar-refractivity contribution in [1.82, 2.24) is 9.80 Å². The van der Waals surface area contributed by atoms with Crippen LogP contribution in [-0.2, 0) is 11.3 Å². The molecule has 2 aromatic rings. The van der Waals surface area contributed by atoms with E-state index in [-0.39, 0.29) is 11.7 Å². The fourth-order valence-corrected chi connectivity index (χ4v) is 3.37. The summed E-state index contributed by atoms with van der Waals surface area (Å²) < 4.78 is 0. The SMILES string of the molecule is CC(=O)c1ccc(NC(=O)CN2CCCN(Cc3ccccc3)CC2)cc1. The number of carbonyl (C=O) groups is 2. The van der Waals surface area contributed by atoms with Crippen LogP contribution >= 0.6 is 0 Å². The topological polar surface area (TPSA) is 52.7 Å². The largest absolute Gasteiger partial charge is 0.325 e. The van der Waals surface area contributed by atoms with Crippen LogP contribution < -0.4 is 5.32 Å². The number of hydrogen-bond acceptors (Lipinski definition) is 4. The quantitative estimate of drug-likeness (QED) is 0.800. The zero-order valence-electron chi connectivity index (χ0n) is 15.9. The molecule has 0 aliphatic carbocycles. The summed E-state index contributed by atoms with van der Waals surface area (Å²) in [5.41, 5.74) is 2.71. The minimum atomic E-state index is -0.0120. The van der Waals surface area contributed by atoms with Crippen molar-refractivity contribution in [3.05, 3.63) is 65.7 Å². The summed E-state index contributed by atoms with van der Waals surface area (Å²) in [7, 11) is 0. The van der Waals surface area contributed by atoms with Crippen LogP contribution in [0.25, 0.3) is 0 Å². The Morgan fingerprint density at radius 2 is 1.56 bits per heavy atom. The number of benzene rings is 2. The van der Waals surface area contributed by atoms with E-state index in [0.29, 0.717) is 12.1 Å². The smallest absolute Gasteiger partial charge is 0.238 e. The molecule has 2 aromatic carbocycles. The number of Topliss-reactive ketones (excluding diaryl/α,β-unsaturated/α-hetero) is 1. The fraction of sp³-hybridized carbons (Fsp3) is 0.364. The van der Waals surface area contributed by atoms with Gasteiger partial charge in [-0.1, -0.05) is 30.3 Å². The van der Waals surface area contributed by atoms with Crippen molar-refractivity contribution in [2.24, 2.45) is 0 Å². The normalized spacial score (nSPS) is 15.9. The maximum atomic E-state index is 12.4. The van der Waals surface area contributed by atoms with Crippen LogP contribution in [0.5, 0.6) is 0 Å². The molecule has 5 heteroatoms. The van der Waals surface area contributed by atoms with Crippen LogP contribution in [0.2, 0.25) is 0 Å². The van der Waals surface area contributed by atoms with E-state index in [1.54, 1.807) is 24.3 Å². The van der Waals surface area contributed by atoms with E-state index in [1.165, 1.54) is 12.5 Å². The molecule has 0 bridgehead atoms. The van der Waals surface area contributed by atoms with E-state index >= 15 is 0 Å². The lowest BCUT2D eigenvalue weighted by Gasteiger charge is -2.21. The molecule has 0 unspecified atom stereocenters. The van der Waals surface area contributed by atoms with Gasteiger partial charge in [0.25, 0.3) is 0 Å². The zero-order valence-corrected chi connectivity index (χ0v) is 15.9. The standard InChI is InChI=1S/C22H27N3O2/c1-18(26)20-8-10-21(11-9-20)23-22(27)17-25-13-5-12-24(14-15-25)16-19-6-3-2-4-7-19/h2-4,6-11H,5,12-17H2,1H3,(H,23,27). The summed E-state index contributed by atoms with van der Waals surface area (Å²) in [6, 6.07) is 17.5. The van der Waals surface area contributed by atoms with E-state index in [0.717, 1.165) is 44.8 Å². The molecule has 0 aromatic heterocycles. The number of nitrogens with one attached hydrogen (secondary N) is 1. The Kier molecular flexibility index (Phi) is 6.74. The molecule has 1 amide bonds. The molecular weight excluding hydrogens is 338 g/mol. The molecule has 1 saturated heterocycles. The Bertz CT molecular complexity index is 759. The third-order valence-corrected chi connectivity index (χ3v) is 4.87. The summed E-state index contributed by atoms with van der Waals surface area (Å²) in [5, 5.41) is 2.92. The highest BCUT2D eigenvalue weighted by Crippen LogP contribution is 2.11. The number of anilines is 1. The predicted octanol–water partition coefficient (Wildman–Crippen LogP) is 3.04. The van der Waals surface area contributed by atoms with Crippen LogP contribution in [0.3, 0.4) is 0 Å². The zero-order chi connectivity index (χ0) is 19.1. The van der Waals surface area contributed by atoms with Gasteiger partial charge in [-0.3, -0.25) is 19.4 Å². The molecule has 5 nitrogen and oxygen atoms in total. The van der Waals surface area contributed by atoms with Crippen molar-refractivity contribution >= 4 is 17.4 Å². The minimum Gasteiger partial charge on any atom is -0.325 e. The average molecular weight is 365 g/mol. The second-order valence-electron chi connectivity index (χ2n) is 7.07. The maximum Gasteiger partial charge on any atom is 0.238 e. The van der Waals surface area contributed by atoms with Gasteiger partial charge < -0.3 is 5.32 Å². The van der Waals surface area contributed by atoms with E-state index in [1.807, 2.05) is 6.07 Å². The van der Waals surface area contributed by atoms with Crippen molar-refractivity contribution < 1.29 is 9.59 Å². The lowest BCUT2D eigenvalue weighted by Crippen LogP contribution is -2.36. The number of carbonyl (C=O) groups excluding carboxylic acids is 2. The van der Waals surface area contributed by atoms with Gasteiger partial charge in [-0.05, 0) is 56.3 Å². The van der Waals surface area contributed by atoms with Crippen LogP contribution in [0.15, 0.2) is 54.6 Å². The lowest BCUT2D eigenvalue weighted by molar-refractivity contribution is -0.117. The highest BCUT2D eigenvalue weighted by atomic mass is 16.2. The monoisotopic (exact) mass is 365 g/mol. The van der Waals surface area contributed by atoms with Crippen molar-refractivity contribution in [2.75, 3.05) is 38.0 Å². The Morgan fingerprint density at radius 3 is 2.26 bits per heavy atom. The Hall–Kier alpha value is -2.50. The molecule has 1 aliphatic heterocycles. The number of hydrogen-bond donors (Lipinski definition) is 1. The van der Waals surface area contributed by atoms with Crippen molar-refractivity contribution in [1.29, 1.82) is 0 Å². The maximum absolute atomic E-state index is 12.4. The van der Waals surface area contributed by atoms with Crippen molar-refractivity contribution in [2.45, 2.75) is 19.9 Å². The Morgan fingerprint density at radius 1 is 0.889 bits per heavy atom. The van der Waals surface area contributed by atoms with Gasteiger partial charge >= 0.3 is 0 Å². The molecule has 1 fully saturated rings. The molecular formula is C22H27N3O2. The van der Waals surface area contributed by atoms with Crippen molar-refractivity contribution in [3.63, 3.8) is 0 Å². The molecule has 0 spiro atoms. The molecule has 1 N–H and O–H groups in total.